The second-order valence-corrected chi connectivity index (χ2v) is 14.5. The maximum Gasteiger partial charge on any atom is 0.220 e. The first-order chi connectivity index (χ1) is 23.8. The molecule has 50 heavy (non-hydrogen) atoms. The van der Waals surface area contributed by atoms with Gasteiger partial charge in [0.2, 0.25) is 11.4 Å². The topological polar surface area (TPSA) is 7.76 Å². The summed E-state index contributed by atoms with van der Waals surface area (Å²) in [5.74, 6) is -0.393. The van der Waals surface area contributed by atoms with Crippen molar-refractivity contribution in [2.24, 2.45) is 14.1 Å². The largest absolute Gasteiger partial charge is 0.220 e. The molecule has 0 bridgehead atoms. The number of rotatable bonds is 2. The van der Waals surface area contributed by atoms with E-state index < -0.39 is 0 Å². The van der Waals surface area contributed by atoms with E-state index in [0.717, 1.165) is 32.9 Å². The summed E-state index contributed by atoms with van der Waals surface area (Å²) in [5, 5.41) is 4.02. The Morgan fingerprint density at radius 3 is 1.64 bits per heavy atom. The summed E-state index contributed by atoms with van der Waals surface area (Å²) in [7, 11) is 4.11. The molecule has 4 heteroatoms. The molecule has 0 N–H and O–H groups in total. The predicted molar refractivity (Wildman–Crippen MR) is 202 cm³/mol. The monoisotopic (exact) mass is 662 g/mol. The Hall–Kier alpha value is -5.22. The van der Waals surface area contributed by atoms with Gasteiger partial charge in [0, 0.05) is 17.5 Å². The highest BCUT2D eigenvalue weighted by molar-refractivity contribution is 5.96. The molecule has 0 spiro atoms. The SMILES string of the molecule is Cc1c(-c2c3ccc(F)cc3cc[n+]2C)cc2c(c1C)-c1ccccc1C2(C)C.Cc1cc(C)c(C)c(-c2c3ccc(F)cc3cc[n+]2C)c1. The van der Waals surface area contributed by atoms with E-state index in [4.69, 9.17) is 0 Å². The van der Waals surface area contributed by atoms with Crippen molar-refractivity contribution < 1.29 is 17.9 Å². The summed E-state index contributed by atoms with van der Waals surface area (Å²) < 4.78 is 31.6. The molecule has 2 aromatic heterocycles. The second-order valence-electron chi connectivity index (χ2n) is 14.5. The normalized spacial score (nSPS) is 12.9. The second kappa shape index (κ2) is 12.3. The molecule has 1 aliphatic carbocycles. The minimum absolute atomic E-state index is 0.0472. The maximum absolute atomic E-state index is 13.8. The van der Waals surface area contributed by atoms with Gasteiger partial charge in [-0.2, -0.15) is 0 Å². The maximum atomic E-state index is 13.8. The zero-order chi connectivity index (χ0) is 35.6. The van der Waals surface area contributed by atoms with Gasteiger partial charge in [-0.05, 0) is 138 Å². The Bertz CT molecular complexity index is 2510. The summed E-state index contributed by atoms with van der Waals surface area (Å²) in [6, 6.07) is 29.6. The Morgan fingerprint density at radius 1 is 0.520 bits per heavy atom. The molecule has 0 saturated heterocycles. The molecule has 0 saturated carbocycles. The van der Waals surface area contributed by atoms with E-state index in [2.05, 4.69) is 107 Å². The number of halogens is 2. The fourth-order valence-corrected chi connectivity index (χ4v) is 8.04. The van der Waals surface area contributed by atoms with Crippen molar-refractivity contribution in [3.8, 4) is 33.6 Å². The van der Waals surface area contributed by atoms with Crippen LogP contribution in [0.25, 0.3) is 55.2 Å². The molecular formula is C46H44F2N2+2. The number of fused-ring (bicyclic) bond motifs is 5. The van der Waals surface area contributed by atoms with Gasteiger partial charge in [0.15, 0.2) is 12.4 Å². The van der Waals surface area contributed by atoms with Crippen molar-refractivity contribution in [3.63, 3.8) is 0 Å². The van der Waals surface area contributed by atoms with E-state index >= 15 is 0 Å². The van der Waals surface area contributed by atoms with E-state index in [1.54, 1.807) is 18.2 Å². The molecule has 2 heterocycles. The molecule has 2 nitrogen and oxygen atoms in total. The Labute approximate surface area is 294 Å². The summed E-state index contributed by atoms with van der Waals surface area (Å²) >= 11 is 0. The van der Waals surface area contributed by atoms with Gasteiger partial charge in [-0.1, -0.05) is 49.7 Å². The molecule has 7 aromatic rings. The lowest BCUT2D eigenvalue weighted by molar-refractivity contribution is -0.659. The highest BCUT2D eigenvalue weighted by Gasteiger charge is 2.38. The van der Waals surface area contributed by atoms with Crippen LogP contribution in [0.4, 0.5) is 8.78 Å². The van der Waals surface area contributed by atoms with E-state index in [1.165, 1.54) is 67.3 Å². The third-order valence-electron chi connectivity index (χ3n) is 11.0. The molecule has 0 fully saturated rings. The van der Waals surface area contributed by atoms with Crippen molar-refractivity contribution in [1.82, 2.24) is 0 Å². The van der Waals surface area contributed by atoms with E-state index in [9.17, 15) is 8.78 Å². The lowest BCUT2D eigenvalue weighted by Crippen LogP contribution is -2.31. The average molecular weight is 663 g/mol. The minimum atomic E-state index is -0.198. The highest BCUT2D eigenvalue weighted by atomic mass is 19.1. The van der Waals surface area contributed by atoms with Crippen LogP contribution in [-0.2, 0) is 19.5 Å². The number of nitrogens with zero attached hydrogens (tertiary/aromatic N) is 2. The van der Waals surface area contributed by atoms with Gasteiger partial charge in [0.05, 0.1) is 21.9 Å². The van der Waals surface area contributed by atoms with Gasteiger partial charge in [-0.25, -0.2) is 17.9 Å². The van der Waals surface area contributed by atoms with Crippen LogP contribution in [0.1, 0.15) is 52.8 Å². The van der Waals surface area contributed by atoms with E-state index in [1.807, 2.05) is 43.7 Å². The first-order valence-electron chi connectivity index (χ1n) is 17.3. The fourth-order valence-electron chi connectivity index (χ4n) is 8.04. The number of hydrogen-bond acceptors (Lipinski definition) is 0. The summed E-state index contributed by atoms with van der Waals surface area (Å²) in [6.45, 7) is 15.5. The van der Waals surface area contributed by atoms with Gasteiger partial charge in [-0.3, -0.25) is 0 Å². The van der Waals surface area contributed by atoms with Crippen molar-refractivity contribution in [2.45, 2.75) is 53.9 Å². The van der Waals surface area contributed by atoms with E-state index in [-0.39, 0.29) is 17.0 Å². The first kappa shape index (κ1) is 33.3. The van der Waals surface area contributed by atoms with Crippen molar-refractivity contribution >= 4 is 21.5 Å². The van der Waals surface area contributed by atoms with Gasteiger partial charge in [0.25, 0.3) is 0 Å². The van der Waals surface area contributed by atoms with Crippen molar-refractivity contribution in [3.05, 3.63) is 154 Å². The molecule has 0 atom stereocenters. The summed E-state index contributed by atoms with van der Waals surface area (Å²) in [4.78, 5) is 0. The molecule has 5 aromatic carbocycles. The lowest BCUT2D eigenvalue weighted by atomic mass is 9.80. The molecule has 8 rings (SSSR count). The highest BCUT2D eigenvalue weighted by Crippen LogP contribution is 2.52. The predicted octanol–water partition coefficient (Wildman–Crippen LogP) is 10.8. The third-order valence-corrected chi connectivity index (χ3v) is 11.0. The van der Waals surface area contributed by atoms with Crippen molar-refractivity contribution in [2.75, 3.05) is 0 Å². The van der Waals surface area contributed by atoms with Gasteiger partial charge < -0.3 is 0 Å². The van der Waals surface area contributed by atoms with E-state index in [0.29, 0.717) is 0 Å². The molecule has 0 aliphatic heterocycles. The van der Waals surface area contributed by atoms with Gasteiger partial charge in [-0.15, -0.1) is 0 Å². The summed E-state index contributed by atoms with van der Waals surface area (Å²) in [6.07, 6.45) is 4.02. The minimum Gasteiger partial charge on any atom is -0.207 e. The molecule has 0 amide bonds. The Morgan fingerprint density at radius 2 is 1.06 bits per heavy atom. The molecular weight excluding hydrogens is 619 g/mol. The van der Waals surface area contributed by atoms with Crippen LogP contribution in [0.5, 0.6) is 0 Å². The van der Waals surface area contributed by atoms with Crippen LogP contribution in [0.3, 0.4) is 0 Å². The smallest absolute Gasteiger partial charge is 0.207 e. The number of benzene rings is 5. The zero-order valence-electron chi connectivity index (χ0n) is 30.5. The quantitative estimate of drug-likeness (QED) is 0.163. The van der Waals surface area contributed by atoms with Crippen molar-refractivity contribution in [1.29, 1.82) is 0 Å². The molecule has 0 radical (unpaired) electrons. The Kier molecular flexibility index (Phi) is 8.17. The number of aromatic nitrogens is 2. The first-order valence-corrected chi connectivity index (χ1v) is 17.3. The summed E-state index contributed by atoms with van der Waals surface area (Å²) in [5.41, 5.74) is 16.6. The van der Waals surface area contributed by atoms with Crippen LogP contribution in [0.15, 0.2) is 103 Å². The average Bonchev–Trinajstić information content (AvgIpc) is 3.31. The lowest BCUT2D eigenvalue weighted by Gasteiger charge is -2.23. The van der Waals surface area contributed by atoms with Crippen LogP contribution < -0.4 is 9.13 Å². The zero-order valence-corrected chi connectivity index (χ0v) is 30.5. The number of aryl methyl sites for hydroxylation is 4. The van der Waals surface area contributed by atoms with Crippen LogP contribution in [0, 0.1) is 46.3 Å². The van der Waals surface area contributed by atoms with Gasteiger partial charge >= 0.3 is 0 Å². The Balaban J connectivity index is 0.000000166. The number of pyridine rings is 2. The van der Waals surface area contributed by atoms with Crippen LogP contribution in [0.2, 0.25) is 0 Å². The van der Waals surface area contributed by atoms with Crippen LogP contribution >= 0.6 is 0 Å². The molecule has 0 unspecified atom stereocenters. The van der Waals surface area contributed by atoms with Gasteiger partial charge in [0.1, 0.15) is 25.7 Å². The number of hydrogen-bond donors (Lipinski definition) is 0. The molecule has 250 valence electrons. The van der Waals surface area contributed by atoms with Crippen LogP contribution in [-0.4, -0.2) is 0 Å². The standard InChI is InChI=1S/C27H25FN.C19H19FN/c1-16-17(2)25-21-8-6-7-9-23(21)27(3,4)24(25)15-22(16)26-20-11-10-19(28)14-18(20)12-13-29(26)5;1-12-9-13(2)14(3)18(10-12)19-17-6-5-16(20)11-15(17)7-8-21(19)4/h6-15H,1-5H3;5-11H,1-4H3/q2*+1. The fraction of sp³-hybridized carbons (Fsp3) is 0.217. The third kappa shape index (κ3) is 5.38. The molecule has 1 aliphatic rings.